The van der Waals surface area contributed by atoms with Gasteiger partial charge in [0.2, 0.25) is 0 Å². The molecule has 1 aliphatic heterocycles. The Hall–Kier alpha value is -2.56. The second kappa shape index (κ2) is 7.34. The lowest BCUT2D eigenvalue weighted by Crippen LogP contribution is -2.50. The fraction of sp³-hybridized carbons (Fsp3) is 0.368. The smallest absolute Gasteiger partial charge is 0.260 e. The summed E-state index contributed by atoms with van der Waals surface area (Å²) in [7, 11) is 0. The SMILES string of the molecule is Cc1ccc(OCC(=O)N2CCN(c3ccncc3)CC2)cc1C. The van der Waals surface area contributed by atoms with Crippen LogP contribution in [0.5, 0.6) is 5.75 Å². The van der Waals surface area contributed by atoms with E-state index in [2.05, 4.69) is 16.8 Å². The molecule has 0 unspecified atom stereocenters. The van der Waals surface area contributed by atoms with Crippen LogP contribution in [0.3, 0.4) is 0 Å². The lowest BCUT2D eigenvalue weighted by atomic mass is 10.1. The van der Waals surface area contributed by atoms with Crippen LogP contribution in [0.2, 0.25) is 0 Å². The monoisotopic (exact) mass is 325 g/mol. The zero-order valence-electron chi connectivity index (χ0n) is 14.2. The fourth-order valence-corrected chi connectivity index (χ4v) is 2.81. The van der Waals surface area contributed by atoms with Gasteiger partial charge in [0.15, 0.2) is 6.61 Å². The average Bonchev–Trinajstić information content (AvgIpc) is 2.63. The molecule has 1 aromatic carbocycles. The topological polar surface area (TPSA) is 45.7 Å². The van der Waals surface area contributed by atoms with Crippen molar-refractivity contribution in [2.75, 3.05) is 37.7 Å². The van der Waals surface area contributed by atoms with Crippen molar-refractivity contribution < 1.29 is 9.53 Å². The zero-order valence-corrected chi connectivity index (χ0v) is 14.2. The van der Waals surface area contributed by atoms with Crippen molar-refractivity contribution in [2.24, 2.45) is 0 Å². The van der Waals surface area contributed by atoms with Crippen molar-refractivity contribution in [3.05, 3.63) is 53.9 Å². The van der Waals surface area contributed by atoms with Gasteiger partial charge < -0.3 is 14.5 Å². The molecule has 0 N–H and O–H groups in total. The number of rotatable bonds is 4. The number of piperazine rings is 1. The predicted molar refractivity (Wildman–Crippen MR) is 94.4 cm³/mol. The number of amides is 1. The standard InChI is InChI=1S/C19H23N3O2/c1-15-3-4-18(13-16(15)2)24-14-19(23)22-11-9-21(10-12-22)17-5-7-20-8-6-17/h3-8,13H,9-12,14H2,1-2H3. The molecular weight excluding hydrogens is 302 g/mol. The van der Waals surface area contributed by atoms with E-state index in [4.69, 9.17) is 4.74 Å². The number of anilines is 1. The van der Waals surface area contributed by atoms with Gasteiger partial charge in [0.25, 0.3) is 5.91 Å². The first-order valence-corrected chi connectivity index (χ1v) is 8.26. The third kappa shape index (κ3) is 3.85. The van der Waals surface area contributed by atoms with E-state index >= 15 is 0 Å². The fourth-order valence-electron chi connectivity index (χ4n) is 2.81. The minimum absolute atomic E-state index is 0.0441. The Balaban J connectivity index is 1.49. The van der Waals surface area contributed by atoms with Gasteiger partial charge >= 0.3 is 0 Å². The van der Waals surface area contributed by atoms with Crippen molar-refractivity contribution in [1.82, 2.24) is 9.88 Å². The highest BCUT2D eigenvalue weighted by atomic mass is 16.5. The Kier molecular flexibility index (Phi) is 4.99. The molecule has 2 heterocycles. The van der Waals surface area contributed by atoms with E-state index < -0.39 is 0 Å². The van der Waals surface area contributed by atoms with E-state index in [0.29, 0.717) is 0 Å². The summed E-state index contributed by atoms with van der Waals surface area (Å²) in [5, 5.41) is 0. The summed E-state index contributed by atoms with van der Waals surface area (Å²) >= 11 is 0. The molecule has 0 atom stereocenters. The number of hydrogen-bond acceptors (Lipinski definition) is 4. The van der Waals surface area contributed by atoms with Gasteiger partial charge in [-0.1, -0.05) is 6.07 Å². The van der Waals surface area contributed by atoms with Gasteiger partial charge in [-0.05, 0) is 49.2 Å². The third-order valence-electron chi connectivity index (χ3n) is 4.50. The number of carbonyl (C=O) groups is 1. The predicted octanol–water partition coefficient (Wildman–Crippen LogP) is 2.43. The summed E-state index contributed by atoms with van der Waals surface area (Å²) in [5.41, 5.74) is 3.55. The van der Waals surface area contributed by atoms with Gasteiger partial charge in [-0.3, -0.25) is 9.78 Å². The third-order valence-corrected chi connectivity index (χ3v) is 4.50. The first-order valence-electron chi connectivity index (χ1n) is 8.26. The van der Waals surface area contributed by atoms with Crippen LogP contribution in [-0.4, -0.2) is 48.6 Å². The molecule has 2 aromatic rings. The maximum absolute atomic E-state index is 12.3. The summed E-state index contributed by atoms with van der Waals surface area (Å²) in [6.07, 6.45) is 3.59. The molecule has 1 saturated heterocycles. The van der Waals surface area contributed by atoms with Crippen molar-refractivity contribution in [3.8, 4) is 5.75 Å². The minimum Gasteiger partial charge on any atom is -0.484 e. The Labute approximate surface area is 142 Å². The van der Waals surface area contributed by atoms with E-state index in [-0.39, 0.29) is 12.5 Å². The highest BCUT2D eigenvalue weighted by molar-refractivity contribution is 5.78. The number of benzene rings is 1. The molecule has 3 rings (SSSR count). The molecule has 126 valence electrons. The van der Waals surface area contributed by atoms with Crippen LogP contribution < -0.4 is 9.64 Å². The number of hydrogen-bond donors (Lipinski definition) is 0. The highest BCUT2D eigenvalue weighted by Gasteiger charge is 2.21. The maximum Gasteiger partial charge on any atom is 0.260 e. The van der Waals surface area contributed by atoms with Gasteiger partial charge in [0.05, 0.1) is 0 Å². The molecule has 5 nitrogen and oxygen atoms in total. The minimum atomic E-state index is 0.0441. The Morgan fingerprint density at radius 1 is 1.04 bits per heavy atom. The number of carbonyl (C=O) groups excluding carboxylic acids is 1. The van der Waals surface area contributed by atoms with Crippen LogP contribution in [0.1, 0.15) is 11.1 Å². The molecule has 0 saturated carbocycles. The van der Waals surface area contributed by atoms with E-state index in [0.717, 1.165) is 37.6 Å². The Bertz CT molecular complexity index is 695. The number of pyridine rings is 1. The summed E-state index contributed by atoms with van der Waals surface area (Å²) in [5.74, 6) is 0.796. The van der Waals surface area contributed by atoms with Crippen LogP contribution in [0.4, 0.5) is 5.69 Å². The number of aromatic nitrogens is 1. The Morgan fingerprint density at radius 2 is 1.75 bits per heavy atom. The van der Waals surface area contributed by atoms with Crippen LogP contribution >= 0.6 is 0 Å². The zero-order chi connectivity index (χ0) is 16.9. The number of nitrogens with zero attached hydrogens (tertiary/aromatic N) is 3. The average molecular weight is 325 g/mol. The van der Waals surface area contributed by atoms with E-state index in [1.807, 2.05) is 42.2 Å². The van der Waals surface area contributed by atoms with Crippen molar-refractivity contribution >= 4 is 11.6 Å². The van der Waals surface area contributed by atoms with Crippen LogP contribution in [0.25, 0.3) is 0 Å². The van der Waals surface area contributed by atoms with E-state index in [1.54, 1.807) is 12.4 Å². The van der Waals surface area contributed by atoms with Gasteiger partial charge in [0.1, 0.15) is 5.75 Å². The first kappa shape index (κ1) is 16.3. The maximum atomic E-state index is 12.3. The summed E-state index contributed by atoms with van der Waals surface area (Å²) < 4.78 is 5.66. The van der Waals surface area contributed by atoms with Gasteiger partial charge in [0, 0.05) is 44.3 Å². The number of ether oxygens (including phenoxy) is 1. The van der Waals surface area contributed by atoms with Crippen molar-refractivity contribution in [2.45, 2.75) is 13.8 Å². The molecule has 5 heteroatoms. The molecule has 0 aliphatic carbocycles. The molecular formula is C19H23N3O2. The van der Waals surface area contributed by atoms with Crippen LogP contribution in [-0.2, 0) is 4.79 Å². The molecule has 1 aliphatic rings. The molecule has 0 radical (unpaired) electrons. The summed E-state index contributed by atoms with van der Waals surface area (Å²) in [6.45, 7) is 7.31. The highest BCUT2D eigenvalue weighted by Crippen LogP contribution is 2.17. The summed E-state index contributed by atoms with van der Waals surface area (Å²) in [6, 6.07) is 9.91. The summed E-state index contributed by atoms with van der Waals surface area (Å²) in [4.78, 5) is 20.5. The first-order chi connectivity index (χ1) is 11.6. The largest absolute Gasteiger partial charge is 0.484 e. The molecule has 0 bridgehead atoms. The van der Waals surface area contributed by atoms with Gasteiger partial charge in [-0.25, -0.2) is 0 Å². The normalized spacial score (nSPS) is 14.6. The van der Waals surface area contributed by atoms with Crippen LogP contribution in [0.15, 0.2) is 42.7 Å². The second-order valence-corrected chi connectivity index (χ2v) is 6.11. The van der Waals surface area contributed by atoms with E-state index in [9.17, 15) is 4.79 Å². The number of aryl methyl sites for hydroxylation is 2. The molecule has 24 heavy (non-hydrogen) atoms. The quantitative estimate of drug-likeness (QED) is 0.866. The van der Waals surface area contributed by atoms with E-state index in [1.165, 1.54) is 11.1 Å². The van der Waals surface area contributed by atoms with Crippen LogP contribution in [0, 0.1) is 13.8 Å². The van der Waals surface area contributed by atoms with Gasteiger partial charge in [-0.15, -0.1) is 0 Å². The van der Waals surface area contributed by atoms with Crippen molar-refractivity contribution in [1.29, 1.82) is 0 Å². The lowest BCUT2D eigenvalue weighted by molar-refractivity contribution is -0.133. The van der Waals surface area contributed by atoms with Crippen molar-refractivity contribution in [3.63, 3.8) is 0 Å². The molecule has 1 amide bonds. The molecule has 0 spiro atoms. The molecule has 1 aromatic heterocycles. The van der Waals surface area contributed by atoms with Gasteiger partial charge in [-0.2, -0.15) is 0 Å². The second-order valence-electron chi connectivity index (χ2n) is 6.11. The molecule has 1 fully saturated rings. The lowest BCUT2D eigenvalue weighted by Gasteiger charge is -2.36. The Morgan fingerprint density at radius 3 is 2.42 bits per heavy atom.